The summed E-state index contributed by atoms with van der Waals surface area (Å²) in [6, 6.07) is 22.8. The van der Waals surface area contributed by atoms with Crippen LogP contribution in [-0.4, -0.2) is 20.8 Å². The van der Waals surface area contributed by atoms with Gasteiger partial charge in [-0.15, -0.1) is 0 Å². The van der Waals surface area contributed by atoms with Gasteiger partial charge in [0.1, 0.15) is 23.9 Å². The maximum Gasteiger partial charge on any atom is 0.120 e. The lowest BCUT2D eigenvalue weighted by molar-refractivity contribution is 0.362. The molecule has 0 saturated carbocycles. The van der Waals surface area contributed by atoms with Crippen molar-refractivity contribution >= 4 is 0 Å². The van der Waals surface area contributed by atoms with Crippen LogP contribution in [-0.2, 0) is 12.8 Å². The summed E-state index contributed by atoms with van der Waals surface area (Å²) in [6.07, 6.45) is 3.44. The van der Waals surface area contributed by atoms with E-state index in [4.69, 9.17) is 14.2 Å². The highest BCUT2D eigenvalue weighted by atomic mass is 16.5. The highest BCUT2D eigenvalue weighted by Gasteiger charge is 2.06. The van der Waals surface area contributed by atoms with Gasteiger partial charge in [-0.3, -0.25) is 0 Å². The number of rotatable bonds is 9. The quantitative estimate of drug-likeness (QED) is 0.466. The molecule has 0 aliphatic carbocycles. The first-order chi connectivity index (χ1) is 13.7. The van der Waals surface area contributed by atoms with Gasteiger partial charge in [0.05, 0.1) is 14.2 Å². The number of ether oxygens (including phenoxy) is 3. The van der Waals surface area contributed by atoms with Crippen molar-refractivity contribution in [3.8, 4) is 17.2 Å². The van der Waals surface area contributed by atoms with E-state index in [0.717, 1.165) is 30.1 Å². The Kier molecular flexibility index (Phi) is 6.74. The van der Waals surface area contributed by atoms with Crippen molar-refractivity contribution in [1.82, 2.24) is 0 Å². The fourth-order valence-electron chi connectivity index (χ4n) is 3.13. The summed E-state index contributed by atoms with van der Waals surface area (Å²) in [5.74, 6) is 2.61. The first kappa shape index (κ1) is 19.6. The SMILES string of the molecule is C=CCOc1cc(Cc2ccc(OC)cc2)cc(Cc2ccc(OC)cc2)c1. The molecule has 0 aromatic heterocycles. The lowest BCUT2D eigenvalue weighted by Gasteiger charge is -2.12. The Hall–Kier alpha value is -3.20. The normalized spacial score (nSPS) is 10.4. The van der Waals surface area contributed by atoms with Gasteiger partial charge in [0, 0.05) is 0 Å². The molecule has 3 aromatic rings. The summed E-state index contributed by atoms with van der Waals surface area (Å²) in [7, 11) is 3.36. The first-order valence-corrected chi connectivity index (χ1v) is 9.32. The minimum Gasteiger partial charge on any atom is -0.497 e. The van der Waals surface area contributed by atoms with E-state index >= 15 is 0 Å². The molecule has 3 rings (SSSR count). The molecule has 0 aliphatic rings. The second kappa shape index (κ2) is 9.65. The summed E-state index contributed by atoms with van der Waals surface area (Å²) in [4.78, 5) is 0. The van der Waals surface area contributed by atoms with Crippen LogP contribution in [0.3, 0.4) is 0 Å². The van der Waals surface area contributed by atoms with Gasteiger partial charge in [-0.2, -0.15) is 0 Å². The zero-order valence-electron chi connectivity index (χ0n) is 16.5. The molecule has 3 aromatic carbocycles. The molecule has 144 valence electrons. The third-order valence-corrected chi connectivity index (χ3v) is 4.53. The summed E-state index contributed by atoms with van der Waals surface area (Å²) in [6.45, 7) is 4.23. The van der Waals surface area contributed by atoms with Gasteiger partial charge in [-0.05, 0) is 71.5 Å². The van der Waals surface area contributed by atoms with Gasteiger partial charge in [0.15, 0.2) is 0 Å². The molecule has 0 radical (unpaired) electrons. The Balaban J connectivity index is 1.83. The summed E-state index contributed by atoms with van der Waals surface area (Å²) < 4.78 is 16.3. The first-order valence-electron chi connectivity index (χ1n) is 9.32. The highest BCUT2D eigenvalue weighted by molar-refractivity contribution is 5.41. The third-order valence-electron chi connectivity index (χ3n) is 4.53. The minimum absolute atomic E-state index is 0.494. The number of hydrogen-bond acceptors (Lipinski definition) is 3. The molecule has 0 bridgehead atoms. The van der Waals surface area contributed by atoms with Crippen molar-refractivity contribution < 1.29 is 14.2 Å². The molecular weight excluding hydrogens is 348 g/mol. The topological polar surface area (TPSA) is 27.7 Å². The Morgan fingerprint density at radius 1 is 0.643 bits per heavy atom. The van der Waals surface area contributed by atoms with Gasteiger partial charge in [0.2, 0.25) is 0 Å². The second-order valence-corrected chi connectivity index (χ2v) is 6.63. The van der Waals surface area contributed by atoms with E-state index in [2.05, 4.69) is 49.0 Å². The van der Waals surface area contributed by atoms with E-state index in [9.17, 15) is 0 Å². The smallest absolute Gasteiger partial charge is 0.120 e. The van der Waals surface area contributed by atoms with E-state index in [0.29, 0.717) is 6.61 Å². The maximum atomic E-state index is 5.83. The van der Waals surface area contributed by atoms with Crippen molar-refractivity contribution in [2.24, 2.45) is 0 Å². The van der Waals surface area contributed by atoms with E-state index in [1.807, 2.05) is 24.3 Å². The van der Waals surface area contributed by atoms with Crippen LogP contribution in [0.5, 0.6) is 17.2 Å². The molecule has 0 atom stereocenters. The largest absolute Gasteiger partial charge is 0.497 e. The zero-order chi connectivity index (χ0) is 19.8. The Bertz CT molecular complexity index is 828. The predicted molar refractivity (Wildman–Crippen MR) is 114 cm³/mol. The molecule has 0 heterocycles. The summed E-state index contributed by atoms with van der Waals surface area (Å²) in [5, 5.41) is 0. The van der Waals surface area contributed by atoms with Gasteiger partial charge in [-0.25, -0.2) is 0 Å². The standard InChI is InChI=1S/C25H26O3/c1-4-13-28-25-17-21(14-19-5-9-23(26-2)10-6-19)16-22(18-25)15-20-7-11-24(27-3)12-8-20/h4-12,16-18H,1,13-15H2,2-3H3. The minimum atomic E-state index is 0.494. The van der Waals surface area contributed by atoms with E-state index in [-0.39, 0.29) is 0 Å². The summed E-state index contributed by atoms with van der Waals surface area (Å²) >= 11 is 0. The van der Waals surface area contributed by atoms with Crippen LogP contribution in [0.25, 0.3) is 0 Å². The van der Waals surface area contributed by atoms with Crippen molar-refractivity contribution in [2.75, 3.05) is 20.8 Å². The molecule has 0 unspecified atom stereocenters. The van der Waals surface area contributed by atoms with E-state index in [1.54, 1.807) is 20.3 Å². The molecular formula is C25H26O3. The van der Waals surface area contributed by atoms with Crippen LogP contribution in [0.15, 0.2) is 79.4 Å². The lowest BCUT2D eigenvalue weighted by atomic mass is 9.98. The third kappa shape index (κ3) is 5.40. The monoisotopic (exact) mass is 374 g/mol. The molecule has 0 spiro atoms. The average Bonchev–Trinajstić information content (AvgIpc) is 2.73. The van der Waals surface area contributed by atoms with Crippen LogP contribution in [0.1, 0.15) is 22.3 Å². The van der Waals surface area contributed by atoms with E-state index in [1.165, 1.54) is 22.3 Å². The molecule has 0 fully saturated rings. The van der Waals surface area contributed by atoms with Gasteiger partial charge >= 0.3 is 0 Å². The van der Waals surface area contributed by atoms with Crippen molar-refractivity contribution in [3.63, 3.8) is 0 Å². The molecule has 0 aliphatic heterocycles. The fraction of sp³-hybridized carbons (Fsp3) is 0.200. The fourth-order valence-corrected chi connectivity index (χ4v) is 3.13. The number of hydrogen-bond donors (Lipinski definition) is 0. The van der Waals surface area contributed by atoms with Crippen LogP contribution in [0, 0.1) is 0 Å². The van der Waals surface area contributed by atoms with Gasteiger partial charge < -0.3 is 14.2 Å². The summed E-state index contributed by atoms with van der Waals surface area (Å²) in [5.41, 5.74) is 4.90. The molecule has 3 heteroatoms. The number of methoxy groups -OCH3 is 2. The molecule has 3 nitrogen and oxygen atoms in total. The zero-order valence-corrected chi connectivity index (χ0v) is 16.5. The van der Waals surface area contributed by atoms with Crippen molar-refractivity contribution in [2.45, 2.75) is 12.8 Å². The second-order valence-electron chi connectivity index (χ2n) is 6.63. The van der Waals surface area contributed by atoms with Crippen molar-refractivity contribution in [3.05, 3.63) is 102 Å². The van der Waals surface area contributed by atoms with Gasteiger partial charge in [0.25, 0.3) is 0 Å². The van der Waals surface area contributed by atoms with Gasteiger partial charge in [-0.1, -0.05) is 43.0 Å². The molecule has 0 amide bonds. The average molecular weight is 374 g/mol. The Morgan fingerprint density at radius 3 is 1.50 bits per heavy atom. The molecule has 0 N–H and O–H groups in total. The Labute approximate surface area is 167 Å². The highest BCUT2D eigenvalue weighted by Crippen LogP contribution is 2.24. The van der Waals surface area contributed by atoms with Crippen LogP contribution in [0.2, 0.25) is 0 Å². The molecule has 28 heavy (non-hydrogen) atoms. The van der Waals surface area contributed by atoms with Crippen LogP contribution in [0.4, 0.5) is 0 Å². The van der Waals surface area contributed by atoms with Crippen LogP contribution < -0.4 is 14.2 Å². The van der Waals surface area contributed by atoms with Crippen molar-refractivity contribution in [1.29, 1.82) is 0 Å². The lowest BCUT2D eigenvalue weighted by Crippen LogP contribution is -1.98. The van der Waals surface area contributed by atoms with E-state index < -0.39 is 0 Å². The predicted octanol–water partition coefficient (Wildman–Crippen LogP) is 5.45. The molecule has 0 saturated heterocycles. The number of benzene rings is 3. The van der Waals surface area contributed by atoms with Crippen LogP contribution >= 0.6 is 0 Å². The Morgan fingerprint density at radius 2 is 1.11 bits per heavy atom. The maximum absolute atomic E-state index is 5.83.